The van der Waals surface area contributed by atoms with Gasteiger partial charge in [0.15, 0.2) is 0 Å². The number of nitrogens with zero attached hydrogens (tertiary/aromatic N) is 1. The number of amides is 1. The van der Waals surface area contributed by atoms with E-state index in [4.69, 9.17) is 4.74 Å². The predicted octanol–water partition coefficient (Wildman–Crippen LogP) is 1.10. The van der Waals surface area contributed by atoms with Crippen LogP contribution in [-0.2, 0) is 28.8 Å². The Morgan fingerprint density at radius 2 is 2.26 bits per heavy atom. The first kappa shape index (κ1) is 16.0. The standard InChI is InChI=1S/C18H23N3O2/c19-11-16(21-18(22)17-12-20-7-2-8-23-17)10-13-5-6-14-3-1-4-15(14)9-13/h5-6,9,16-17,20H,1-4,7-8,10,12H2,(H,21,22). The van der Waals surface area contributed by atoms with Gasteiger partial charge in [0.05, 0.1) is 6.07 Å². The van der Waals surface area contributed by atoms with Gasteiger partial charge in [0, 0.05) is 19.6 Å². The van der Waals surface area contributed by atoms with E-state index in [1.165, 1.54) is 17.5 Å². The zero-order valence-corrected chi connectivity index (χ0v) is 13.3. The third-order valence-corrected chi connectivity index (χ3v) is 4.51. The second kappa shape index (κ2) is 7.58. The van der Waals surface area contributed by atoms with Crippen LogP contribution in [-0.4, -0.2) is 37.7 Å². The van der Waals surface area contributed by atoms with E-state index in [1.807, 2.05) is 0 Å². The van der Waals surface area contributed by atoms with Crippen LogP contribution in [0.15, 0.2) is 18.2 Å². The van der Waals surface area contributed by atoms with E-state index >= 15 is 0 Å². The largest absolute Gasteiger partial charge is 0.367 e. The summed E-state index contributed by atoms with van der Waals surface area (Å²) in [4.78, 5) is 12.3. The molecule has 2 unspecified atom stereocenters. The number of nitrogens with one attached hydrogen (secondary N) is 2. The highest BCUT2D eigenvalue weighted by Gasteiger charge is 2.23. The maximum atomic E-state index is 12.3. The summed E-state index contributed by atoms with van der Waals surface area (Å²) >= 11 is 0. The van der Waals surface area contributed by atoms with E-state index < -0.39 is 12.1 Å². The fourth-order valence-electron chi connectivity index (χ4n) is 3.26. The summed E-state index contributed by atoms with van der Waals surface area (Å²) in [6.45, 7) is 1.94. The van der Waals surface area contributed by atoms with Crippen molar-refractivity contribution in [1.29, 1.82) is 5.26 Å². The Hall–Kier alpha value is -1.90. The van der Waals surface area contributed by atoms with Crippen molar-refractivity contribution in [3.63, 3.8) is 0 Å². The molecule has 5 nitrogen and oxygen atoms in total. The Labute approximate surface area is 137 Å². The van der Waals surface area contributed by atoms with Gasteiger partial charge in [-0.2, -0.15) is 5.26 Å². The van der Waals surface area contributed by atoms with E-state index in [1.54, 1.807) is 0 Å². The van der Waals surface area contributed by atoms with Crippen LogP contribution in [0.2, 0.25) is 0 Å². The van der Waals surface area contributed by atoms with Crippen molar-refractivity contribution in [1.82, 2.24) is 10.6 Å². The van der Waals surface area contributed by atoms with E-state index in [2.05, 4.69) is 34.9 Å². The number of benzene rings is 1. The first-order chi connectivity index (χ1) is 11.3. The number of hydrogen-bond donors (Lipinski definition) is 2. The number of rotatable bonds is 4. The fourth-order valence-corrected chi connectivity index (χ4v) is 3.26. The predicted molar refractivity (Wildman–Crippen MR) is 86.9 cm³/mol. The SMILES string of the molecule is N#CC(Cc1ccc2c(c1)CCC2)NC(=O)C1CNCCCO1. The fraction of sp³-hybridized carbons (Fsp3) is 0.556. The number of hydrogen-bond acceptors (Lipinski definition) is 4. The Bertz CT molecular complexity index is 601. The molecule has 2 atom stereocenters. The molecule has 23 heavy (non-hydrogen) atoms. The van der Waals surface area contributed by atoms with Crippen molar-refractivity contribution in [3.05, 3.63) is 34.9 Å². The van der Waals surface area contributed by atoms with Crippen molar-refractivity contribution in [2.45, 2.75) is 44.2 Å². The summed E-state index contributed by atoms with van der Waals surface area (Å²) in [5, 5.41) is 15.4. The lowest BCUT2D eigenvalue weighted by Gasteiger charge is -2.18. The summed E-state index contributed by atoms with van der Waals surface area (Å²) in [7, 11) is 0. The summed E-state index contributed by atoms with van der Waals surface area (Å²) in [5.41, 5.74) is 3.92. The van der Waals surface area contributed by atoms with E-state index in [0.717, 1.165) is 31.4 Å². The third-order valence-electron chi connectivity index (χ3n) is 4.51. The van der Waals surface area contributed by atoms with Crippen molar-refractivity contribution < 1.29 is 9.53 Å². The molecule has 0 spiro atoms. The Morgan fingerprint density at radius 3 is 3.13 bits per heavy atom. The minimum absolute atomic E-state index is 0.202. The van der Waals surface area contributed by atoms with Crippen LogP contribution >= 0.6 is 0 Å². The molecule has 1 aromatic carbocycles. The molecule has 1 fully saturated rings. The quantitative estimate of drug-likeness (QED) is 0.873. The first-order valence-corrected chi connectivity index (χ1v) is 8.39. The van der Waals surface area contributed by atoms with Gasteiger partial charge in [-0.3, -0.25) is 4.79 Å². The van der Waals surface area contributed by atoms with Crippen LogP contribution < -0.4 is 10.6 Å². The topological polar surface area (TPSA) is 74.2 Å². The molecule has 122 valence electrons. The molecule has 1 aromatic rings. The van der Waals surface area contributed by atoms with Crippen molar-refractivity contribution >= 4 is 5.91 Å². The second-order valence-corrected chi connectivity index (χ2v) is 6.27. The molecule has 0 radical (unpaired) electrons. The number of aryl methyl sites for hydroxylation is 2. The average molecular weight is 313 g/mol. The Morgan fingerprint density at radius 1 is 1.39 bits per heavy atom. The number of fused-ring (bicyclic) bond motifs is 1. The number of ether oxygens (including phenoxy) is 1. The van der Waals surface area contributed by atoms with Crippen LogP contribution in [0.3, 0.4) is 0 Å². The molecule has 2 N–H and O–H groups in total. The molecule has 1 amide bonds. The lowest BCUT2D eigenvalue weighted by molar-refractivity contribution is -0.132. The van der Waals surface area contributed by atoms with Gasteiger partial charge in [-0.05, 0) is 48.9 Å². The van der Waals surface area contributed by atoms with Gasteiger partial charge >= 0.3 is 0 Å². The molecule has 1 heterocycles. The van der Waals surface area contributed by atoms with Gasteiger partial charge in [-0.25, -0.2) is 0 Å². The van der Waals surface area contributed by atoms with Gasteiger partial charge in [-0.15, -0.1) is 0 Å². The van der Waals surface area contributed by atoms with E-state index in [-0.39, 0.29) is 5.91 Å². The van der Waals surface area contributed by atoms with Gasteiger partial charge < -0.3 is 15.4 Å². The lowest BCUT2D eigenvalue weighted by atomic mass is 10.0. The van der Waals surface area contributed by atoms with Crippen LogP contribution in [0.25, 0.3) is 0 Å². The normalized spacial score (nSPS) is 21.8. The number of nitriles is 1. The minimum atomic E-state index is -0.520. The van der Waals surface area contributed by atoms with Gasteiger partial charge in [0.25, 0.3) is 5.91 Å². The summed E-state index contributed by atoms with van der Waals surface area (Å²) in [5.74, 6) is -0.202. The zero-order valence-electron chi connectivity index (χ0n) is 13.3. The molecule has 2 aliphatic rings. The lowest BCUT2D eigenvalue weighted by Crippen LogP contribution is -2.46. The Balaban J connectivity index is 1.59. The monoisotopic (exact) mass is 313 g/mol. The van der Waals surface area contributed by atoms with Crippen LogP contribution in [0.5, 0.6) is 0 Å². The molecule has 1 aliphatic carbocycles. The van der Waals surface area contributed by atoms with E-state index in [9.17, 15) is 10.1 Å². The maximum absolute atomic E-state index is 12.3. The van der Waals surface area contributed by atoms with Crippen LogP contribution in [0, 0.1) is 11.3 Å². The molecule has 1 saturated heterocycles. The molecule has 3 rings (SSSR count). The summed E-state index contributed by atoms with van der Waals surface area (Å²) < 4.78 is 5.54. The van der Waals surface area contributed by atoms with Crippen LogP contribution in [0.4, 0.5) is 0 Å². The molecular weight excluding hydrogens is 290 g/mol. The molecule has 0 bridgehead atoms. The third kappa shape index (κ3) is 4.10. The number of carbonyl (C=O) groups is 1. The van der Waals surface area contributed by atoms with Gasteiger partial charge in [0.1, 0.15) is 12.1 Å². The summed E-state index contributed by atoms with van der Waals surface area (Å²) in [6.07, 6.45) is 4.42. The van der Waals surface area contributed by atoms with Crippen LogP contribution in [0.1, 0.15) is 29.5 Å². The zero-order chi connectivity index (χ0) is 16.1. The van der Waals surface area contributed by atoms with Crippen molar-refractivity contribution in [3.8, 4) is 6.07 Å². The number of carbonyl (C=O) groups excluding carboxylic acids is 1. The molecule has 0 saturated carbocycles. The Kier molecular flexibility index (Phi) is 5.27. The molecule has 0 aromatic heterocycles. The van der Waals surface area contributed by atoms with Gasteiger partial charge in [-0.1, -0.05) is 18.2 Å². The van der Waals surface area contributed by atoms with Gasteiger partial charge in [0.2, 0.25) is 0 Å². The van der Waals surface area contributed by atoms with Crippen molar-refractivity contribution in [2.24, 2.45) is 0 Å². The van der Waals surface area contributed by atoms with E-state index in [0.29, 0.717) is 19.6 Å². The molecule has 5 heteroatoms. The highest BCUT2D eigenvalue weighted by Crippen LogP contribution is 2.23. The highest BCUT2D eigenvalue weighted by molar-refractivity contribution is 5.81. The first-order valence-electron chi connectivity index (χ1n) is 8.39. The maximum Gasteiger partial charge on any atom is 0.251 e. The molecule has 1 aliphatic heterocycles. The highest BCUT2D eigenvalue weighted by atomic mass is 16.5. The smallest absolute Gasteiger partial charge is 0.251 e. The summed E-state index contributed by atoms with van der Waals surface area (Å²) in [6, 6.07) is 8.09. The minimum Gasteiger partial charge on any atom is -0.367 e. The second-order valence-electron chi connectivity index (χ2n) is 6.27. The van der Waals surface area contributed by atoms with Crippen molar-refractivity contribution in [2.75, 3.05) is 19.7 Å². The average Bonchev–Trinajstić information content (AvgIpc) is 2.85. The molecular formula is C18H23N3O2.